The summed E-state index contributed by atoms with van der Waals surface area (Å²) in [5.41, 5.74) is 3.56. The van der Waals surface area contributed by atoms with Gasteiger partial charge in [0.05, 0.1) is 16.7 Å². The third-order valence-corrected chi connectivity index (χ3v) is 9.65. The second kappa shape index (κ2) is 10.9. The minimum atomic E-state index is -1.02. The maximum Gasteiger partial charge on any atom is 0.328 e. The van der Waals surface area contributed by atoms with Gasteiger partial charge in [0, 0.05) is 29.6 Å². The summed E-state index contributed by atoms with van der Waals surface area (Å²) in [6, 6.07) is 17.1. The number of anilines is 1. The van der Waals surface area contributed by atoms with Gasteiger partial charge >= 0.3 is 5.97 Å². The van der Waals surface area contributed by atoms with Crippen LogP contribution in [-0.4, -0.2) is 43.0 Å². The average Bonchev–Trinajstić information content (AvgIpc) is 3.85. The van der Waals surface area contributed by atoms with Crippen LogP contribution in [0, 0.1) is 11.8 Å². The van der Waals surface area contributed by atoms with E-state index < -0.39 is 11.5 Å². The van der Waals surface area contributed by atoms with Crippen molar-refractivity contribution in [2.75, 3.05) is 5.32 Å². The summed E-state index contributed by atoms with van der Waals surface area (Å²) >= 11 is 0. The van der Waals surface area contributed by atoms with Crippen LogP contribution in [0.2, 0.25) is 0 Å². The van der Waals surface area contributed by atoms with E-state index in [2.05, 4.69) is 20.2 Å². The van der Waals surface area contributed by atoms with Crippen LogP contribution in [-0.2, 0) is 9.59 Å². The number of carboxylic acid groups (broad SMARTS) is 1. The normalized spacial score (nSPS) is 22.4. The molecule has 220 valence electrons. The molecule has 9 heteroatoms. The molecule has 4 aromatic rings. The highest BCUT2D eigenvalue weighted by atomic mass is 16.4. The summed E-state index contributed by atoms with van der Waals surface area (Å²) in [5.74, 6) is 0.801. The summed E-state index contributed by atoms with van der Waals surface area (Å²) in [6.07, 6.45) is 12.3. The lowest BCUT2D eigenvalue weighted by Gasteiger charge is -2.29. The fourth-order valence-corrected chi connectivity index (χ4v) is 7.54. The Bertz CT molecular complexity index is 1710. The van der Waals surface area contributed by atoms with Crippen LogP contribution in [0.4, 0.5) is 5.69 Å². The fraction of sp³-hybridized carbons (Fsp3) is 0.353. The van der Waals surface area contributed by atoms with E-state index in [0.29, 0.717) is 41.6 Å². The Labute approximate surface area is 249 Å². The molecule has 1 unspecified atom stereocenters. The smallest absolute Gasteiger partial charge is 0.328 e. The van der Waals surface area contributed by atoms with Gasteiger partial charge in [0.2, 0.25) is 5.91 Å². The Kier molecular flexibility index (Phi) is 6.88. The van der Waals surface area contributed by atoms with Crippen LogP contribution in [0.15, 0.2) is 66.9 Å². The van der Waals surface area contributed by atoms with E-state index in [4.69, 9.17) is 10.1 Å². The topological polar surface area (TPSA) is 129 Å². The molecule has 43 heavy (non-hydrogen) atoms. The van der Waals surface area contributed by atoms with Gasteiger partial charge in [-0.25, -0.2) is 9.78 Å². The number of fused-ring (bicyclic) bond motifs is 3. The molecule has 0 radical (unpaired) electrons. The molecule has 7 rings (SSSR count). The predicted molar refractivity (Wildman–Crippen MR) is 164 cm³/mol. The van der Waals surface area contributed by atoms with Gasteiger partial charge in [-0.1, -0.05) is 31.4 Å². The molecule has 3 fully saturated rings. The van der Waals surface area contributed by atoms with Crippen LogP contribution in [0.1, 0.15) is 73.3 Å². The number of hydrogen-bond donors (Lipinski definition) is 4. The molecule has 2 aromatic heterocycles. The highest BCUT2D eigenvalue weighted by Gasteiger charge is 2.44. The molecule has 2 amide bonds. The zero-order chi connectivity index (χ0) is 29.6. The largest absolute Gasteiger partial charge is 0.478 e. The Balaban J connectivity index is 1.13. The number of amides is 2. The highest BCUT2D eigenvalue weighted by molar-refractivity contribution is 6.05. The Morgan fingerprint density at radius 3 is 2.51 bits per heavy atom. The van der Waals surface area contributed by atoms with E-state index in [1.165, 1.54) is 31.8 Å². The second-order valence-corrected chi connectivity index (χ2v) is 12.3. The lowest BCUT2D eigenvalue weighted by molar-refractivity contribution is -0.131. The van der Waals surface area contributed by atoms with Crippen molar-refractivity contribution in [3.8, 4) is 11.5 Å². The van der Waals surface area contributed by atoms with Crippen molar-refractivity contribution < 1.29 is 19.5 Å². The van der Waals surface area contributed by atoms with Crippen molar-refractivity contribution in [2.24, 2.45) is 11.8 Å². The predicted octanol–water partition coefficient (Wildman–Crippen LogP) is 6.17. The molecule has 2 bridgehead atoms. The van der Waals surface area contributed by atoms with Crippen LogP contribution in [0.3, 0.4) is 0 Å². The molecule has 3 saturated carbocycles. The summed E-state index contributed by atoms with van der Waals surface area (Å²) in [7, 11) is 0. The van der Waals surface area contributed by atoms with Gasteiger partial charge < -0.3 is 25.3 Å². The summed E-state index contributed by atoms with van der Waals surface area (Å²) in [4.78, 5) is 46.4. The first-order valence-electron chi connectivity index (χ1n) is 15.2. The van der Waals surface area contributed by atoms with Gasteiger partial charge in [-0.05, 0) is 98.0 Å². The Hall–Kier alpha value is -4.66. The summed E-state index contributed by atoms with van der Waals surface area (Å²) in [6.45, 7) is 0. The summed E-state index contributed by atoms with van der Waals surface area (Å²) in [5, 5.41) is 14.9. The SMILES string of the molecule is O=C(O)/C=C/c1ccc(NC(=O)C2(NC(=O)c3ccc4c(c3)nc(-c3ccc[nH]3)n4C3C[C@@H]4CC[C@H]3C4)CCCC2)cc1. The van der Waals surface area contributed by atoms with E-state index in [1.54, 1.807) is 24.3 Å². The molecule has 2 aromatic carbocycles. The molecule has 0 saturated heterocycles. The van der Waals surface area contributed by atoms with E-state index in [-0.39, 0.29) is 11.8 Å². The first kappa shape index (κ1) is 27.2. The number of carbonyl (C=O) groups is 3. The molecule has 0 spiro atoms. The third kappa shape index (κ3) is 5.13. The third-order valence-electron chi connectivity index (χ3n) is 9.65. The van der Waals surface area contributed by atoms with E-state index >= 15 is 0 Å². The van der Waals surface area contributed by atoms with Gasteiger partial charge in [0.15, 0.2) is 5.82 Å². The highest BCUT2D eigenvalue weighted by Crippen LogP contribution is 2.52. The lowest BCUT2D eigenvalue weighted by Crippen LogP contribution is -2.55. The van der Waals surface area contributed by atoms with Crippen molar-refractivity contribution in [3.05, 3.63) is 78.0 Å². The van der Waals surface area contributed by atoms with E-state index in [9.17, 15) is 14.4 Å². The van der Waals surface area contributed by atoms with Gasteiger partial charge in [-0.15, -0.1) is 0 Å². The molecular formula is C34H35N5O4. The molecule has 3 aliphatic carbocycles. The Morgan fingerprint density at radius 2 is 1.84 bits per heavy atom. The van der Waals surface area contributed by atoms with E-state index in [1.807, 2.05) is 36.5 Å². The number of aromatic nitrogens is 3. The van der Waals surface area contributed by atoms with Crippen molar-refractivity contribution in [1.82, 2.24) is 19.9 Å². The van der Waals surface area contributed by atoms with Crippen LogP contribution in [0.25, 0.3) is 28.6 Å². The molecular weight excluding hydrogens is 542 g/mol. The maximum absolute atomic E-state index is 13.7. The first-order valence-corrected chi connectivity index (χ1v) is 15.2. The number of nitrogens with zero attached hydrogens (tertiary/aromatic N) is 2. The number of benzene rings is 2. The number of carboxylic acids is 1. The number of aromatic amines is 1. The van der Waals surface area contributed by atoms with Gasteiger partial charge in [0.1, 0.15) is 5.54 Å². The van der Waals surface area contributed by atoms with E-state index in [0.717, 1.165) is 47.4 Å². The molecule has 3 atom stereocenters. The quantitative estimate of drug-likeness (QED) is 0.186. The zero-order valence-electron chi connectivity index (χ0n) is 23.9. The van der Waals surface area contributed by atoms with Gasteiger partial charge in [0.25, 0.3) is 5.91 Å². The number of imidazole rings is 1. The van der Waals surface area contributed by atoms with Gasteiger partial charge in [-0.3, -0.25) is 9.59 Å². The number of hydrogen-bond acceptors (Lipinski definition) is 4. The zero-order valence-corrected chi connectivity index (χ0v) is 23.9. The standard InChI is InChI=1S/C34H35N5O4/c40-30(41)14-8-21-6-11-25(12-7-21)36-33(43)34(15-1-2-16-34)38-32(42)24-10-13-28-27(20-24)37-31(26-4-3-17-35-26)39(28)29-19-22-5-9-23(29)18-22/h3-4,6-8,10-14,17,20,22-23,29,35H,1-2,5,9,15-16,18-19H2,(H,36,43)(H,38,42)(H,40,41)/b14-8+/t22-,23+,29?/m1/s1. The van der Waals surface area contributed by atoms with Crippen LogP contribution in [0.5, 0.6) is 0 Å². The first-order chi connectivity index (χ1) is 20.9. The molecule has 2 heterocycles. The van der Waals surface area contributed by atoms with Crippen molar-refractivity contribution in [1.29, 1.82) is 0 Å². The number of H-pyrrole nitrogens is 1. The maximum atomic E-state index is 13.7. The number of carbonyl (C=O) groups excluding carboxylic acids is 2. The summed E-state index contributed by atoms with van der Waals surface area (Å²) < 4.78 is 2.39. The van der Waals surface area contributed by atoms with Crippen molar-refractivity contribution in [3.63, 3.8) is 0 Å². The number of aliphatic carboxylic acids is 1. The van der Waals surface area contributed by atoms with Crippen LogP contribution >= 0.6 is 0 Å². The molecule has 3 aliphatic rings. The molecule has 4 N–H and O–H groups in total. The van der Waals surface area contributed by atoms with Crippen molar-refractivity contribution in [2.45, 2.75) is 62.9 Å². The fourth-order valence-electron chi connectivity index (χ4n) is 7.54. The van der Waals surface area contributed by atoms with Gasteiger partial charge in [-0.2, -0.15) is 0 Å². The second-order valence-electron chi connectivity index (χ2n) is 12.3. The minimum absolute atomic E-state index is 0.247. The minimum Gasteiger partial charge on any atom is -0.478 e. The lowest BCUT2D eigenvalue weighted by atomic mass is 9.94. The molecule has 0 aliphatic heterocycles. The van der Waals surface area contributed by atoms with Crippen LogP contribution < -0.4 is 10.6 Å². The molecule has 9 nitrogen and oxygen atoms in total. The monoisotopic (exact) mass is 577 g/mol. The average molecular weight is 578 g/mol. The van der Waals surface area contributed by atoms with Crippen molar-refractivity contribution >= 4 is 40.6 Å². The number of nitrogens with one attached hydrogen (secondary N) is 3. The number of rotatable bonds is 8. The Morgan fingerprint density at radius 1 is 1.02 bits per heavy atom.